The zero-order valence-electron chi connectivity index (χ0n) is 30.1. The fraction of sp³-hybridized carbons (Fsp3) is 0.861. The predicted octanol–water partition coefficient (Wildman–Crippen LogP) is 8.95. The van der Waals surface area contributed by atoms with Crippen LogP contribution < -0.4 is 5.73 Å². The van der Waals surface area contributed by atoms with E-state index in [0.29, 0.717) is 12.8 Å². The lowest BCUT2D eigenvalue weighted by Crippen LogP contribution is -2.34. The summed E-state index contributed by atoms with van der Waals surface area (Å²) in [7, 11) is -4.70. The van der Waals surface area contributed by atoms with Crippen LogP contribution in [-0.2, 0) is 37.5 Å². The molecule has 0 aromatic rings. The van der Waals surface area contributed by atoms with E-state index < -0.39 is 51.1 Å². The zero-order valence-corrected chi connectivity index (χ0v) is 31.0. The Bertz CT molecular complexity index is 885. The molecule has 3 atom stereocenters. The van der Waals surface area contributed by atoms with Gasteiger partial charge < -0.3 is 25.2 Å². The van der Waals surface area contributed by atoms with Gasteiger partial charge in [0.25, 0.3) is 0 Å². The molecule has 0 radical (unpaired) electrons. The number of carboxylic acids is 1. The Kier molecular flexibility index (Phi) is 31.2. The number of hydrogen-bond donors (Lipinski definition) is 3. The minimum atomic E-state index is -4.70. The molecule has 0 spiro atoms. The van der Waals surface area contributed by atoms with Crippen LogP contribution >= 0.6 is 7.82 Å². The van der Waals surface area contributed by atoms with Gasteiger partial charge in [0.2, 0.25) is 0 Å². The molecule has 0 rings (SSSR count). The Morgan fingerprint density at radius 2 is 1.04 bits per heavy atom. The van der Waals surface area contributed by atoms with Gasteiger partial charge in [-0.2, -0.15) is 0 Å². The highest BCUT2D eigenvalue weighted by Gasteiger charge is 2.28. The molecule has 0 fully saturated rings. The van der Waals surface area contributed by atoms with E-state index >= 15 is 0 Å². The maximum atomic E-state index is 12.5. The first kappa shape index (κ1) is 46.2. The van der Waals surface area contributed by atoms with Crippen LogP contribution in [0.1, 0.15) is 168 Å². The summed E-state index contributed by atoms with van der Waals surface area (Å²) >= 11 is 0. The van der Waals surface area contributed by atoms with Gasteiger partial charge in [0.15, 0.2) is 6.10 Å². The van der Waals surface area contributed by atoms with E-state index in [9.17, 15) is 23.8 Å². The van der Waals surface area contributed by atoms with Crippen molar-refractivity contribution in [2.45, 2.75) is 180 Å². The Morgan fingerprint density at radius 1 is 0.625 bits per heavy atom. The van der Waals surface area contributed by atoms with Crippen molar-refractivity contribution in [3.63, 3.8) is 0 Å². The Labute approximate surface area is 290 Å². The highest BCUT2D eigenvalue weighted by Crippen LogP contribution is 2.43. The minimum Gasteiger partial charge on any atom is -0.480 e. The summed E-state index contributed by atoms with van der Waals surface area (Å²) in [5.41, 5.74) is 5.31. The number of esters is 2. The van der Waals surface area contributed by atoms with Crippen molar-refractivity contribution in [2.75, 3.05) is 19.8 Å². The van der Waals surface area contributed by atoms with Crippen LogP contribution in [0, 0.1) is 0 Å². The van der Waals surface area contributed by atoms with Gasteiger partial charge in [-0.15, -0.1) is 0 Å². The molecule has 0 saturated carbocycles. The molecule has 0 aliphatic rings. The summed E-state index contributed by atoms with van der Waals surface area (Å²) in [6.07, 6.45) is 28.6. The Balaban J connectivity index is 4.44. The molecule has 12 heteroatoms. The number of hydrogen-bond acceptors (Lipinski definition) is 9. The maximum Gasteiger partial charge on any atom is 0.472 e. The first-order valence-corrected chi connectivity index (χ1v) is 20.2. The van der Waals surface area contributed by atoms with Crippen molar-refractivity contribution in [1.82, 2.24) is 0 Å². The number of rotatable bonds is 35. The number of aliphatic carboxylic acids is 1. The number of carbonyl (C=O) groups excluding carboxylic acids is 2. The fourth-order valence-electron chi connectivity index (χ4n) is 5.00. The average Bonchev–Trinajstić information content (AvgIpc) is 3.05. The van der Waals surface area contributed by atoms with E-state index in [4.69, 9.17) is 24.8 Å². The average molecular weight is 706 g/mol. The monoisotopic (exact) mass is 705 g/mol. The highest BCUT2D eigenvalue weighted by molar-refractivity contribution is 7.47. The molecule has 11 nitrogen and oxygen atoms in total. The third-order valence-electron chi connectivity index (χ3n) is 8.01. The zero-order chi connectivity index (χ0) is 35.7. The van der Waals surface area contributed by atoms with E-state index in [2.05, 4.69) is 30.5 Å². The quantitative estimate of drug-likeness (QED) is 0.0249. The number of unbranched alkanes of at least 4 members (excludes halogenated alkanes) is 19. The topological polar surface area (TPSA) is 172 Å². The van der Waals surface area contributed by atoms with Crippen molar-refractivity contribution >= 4 is 25.7 Å². The SMILES string of the molecule is CCCCCCCC/C=C/CCCCCCCC(=O)O[C@@H](COC(=O)CCCCCCCCCCC)COP(=O)(O)OC[C@H](N)C(=O)O. The first-order valence-electron chi connectivity index (χ1n) is 18.7. The van der Waals surface area contributed by atoms with Crippen molar-refractivity contribution in [1.29, 1.82) is 0 Å². The van der Waals surface area contributed by atoms with Crippen LogP contribution in [0.2, 0.25) is 0 Å². The Hall–Kier alpha value is -1.78. The van der Waals surface area contributed by atoms with E-state index in [-0.39, 0.29) is 19.4 Å². The van der Waals surface area contributed by atoms with Crippen molar-refractivity contribution in [3.05, 3.63) is 12.2 Å². The van der Waals surface area contributed by atoms with Gasteiger partial charge in [0.05, 0.1) is 13.2 Å². The molecule has 0 aliphatic heterocycles. The number of carbonyl (C=O) groups is 3. The summed E-state index contributed by atoms with van der Waals surface area (Å²) in [6.45, 7) is 2.75. The van der Waals surface area contributed by atoms with Crippen molar-refractivity contribution in [3.8, 4) is 0 Å². The third-order valence-corrected chi connectivity index (χ3v) is 8.96. The van der Waals surface area contributed by atoms with Gasteiger partial charge >= 0.3 is 25.7 Å². The third kappa shape index (κ3) is 31.5. The number of nitrogens with two attached hydrogens (primary N) is 1. The minimum absolute atomic E-state index is 0.155. The van der Waals surface area contributed by atoms with Crippen molar-refractivity contribution < 1.29 is 47.5 Å². The molecule has 0 aromatic heterocycles. The van der Waals surface area contributed by atoms with Gasteiger partial charge in [-0.1, -0.05) is 129 Å². The van der Waals surface area contributed by atoms with E-state index in [1.54, 1.807) is 0 Å². The maximum absolute atomic E-state index is 12.5. The molecular weight excluding hydrogens is 637 g/mol. The lowest BCUT2D eigenvalue weighted by molar-refractivity contribution is -0.161. The molecule has 0 saturated heterocycles. The number of phosphoric ester groups is 1. The van der Waals surface area contributed by atoms with Gasteiger partial charge in [-0.25, -0.2) is 4.57 Å². The molecule has 0 amide bonds. The van der Waals surface area contributed by atoms with Crippen LogP contribution in [-0.4, -0.2) is 59.9 Å². The largest absolute Gasteiger partial charge is 0.480 e. The predicted molar refractivity (Wildman–Crippen MR) is 189 cm³/mol. The van der Waals surface area contributed by atoms with E-state index in [1.807, 2.05) is 0 Å². The Morgan fingerprint density at radius 3 is 1.52 bits per heavy atom. The first-order chi connectivity index (χ1) is 23.1. The fourth-order valence-corrected chi connectivity index (χ4v) is 5.78. The molecule has 4 N–H and O–H groups in total. The summed E-state index contributed by atoms with van der Waals surface area (Å²) in [4.78, 5) is 45.6. The number of phosphoric acid groups is 1. The van der Waals surface area contributed by atoms with Crippen molar-refractivity contribution in [2.24, 2.45) is 5.73 Å². The van der Waals surface area contributed by atoms with Gasteiger partial charge in [0.1, 0.15) is 12.6 Å². The normalized spacial score (nSPS) is 14.1. The second-order valence-corrected chi connectivity index (χ2v) is 14.2. The molecular formula is C36H68NO10P. The van der Waals surface area contributed by atoms with Gasteiger partial charge in [-0.3, -0.25) is 23.4 Å². The smallest absolute Gasteiger partial charge is 0.472 e. The molecule has 48 heavy (non-hydrogen) atoms. The molecule has 0 bridgehead atoms. The summed E-state index contributed by atoms with van der Waals surface area (Å²) in [5.74, 6) is -2.39. The summed E-state index contributed by atoms with van der Waals surface area (Å²) < 4.78 is 32.5. The molecule has 0 heterocycles. The van der Waals surface area contributed by atoms with Crippen LogP contribution in [0.5, 0.6) is 0 Å². The van der Waals surface area contributed by atoms with Crippen LogP contribution in [0.3, 0.4) is 0 Å². The van der Waals surface area contributed by atoms with Crippen LogP contribution in [0.4, 0.5) is 0 Å². The molecule has 1 unspecified atom stereocenters. The molecule has 0 aliphatic carbocycles. The second-order valence-electron chi connectivity index (χ2n) is 12.7. The molecule has 282 valence electrons. The molecule has 0 aromatic carbocycles. The summed E-state index contributed by atoms with van der Waals surface area (Å²) in [5, 5.41) is 8.84. The highest BCUT2D eigenvalue weighted by atomic mass is 31.2. The number of ether oxygens (including phenoxy) is 2. The van der Waals surface area contributed by atoms with Crippen LogP contribution in [0.15, 0.2) is 12.2 Å². The second kappa shape index (κ2) is 32.4. The number of carboxylic acid groups (broad SMARTS) is 1. The van der Waals surface area contributed by atoms with Gasteiger partial charge in [0, 0.05) is 12.8 Å². The van der Waals surface area contributed by atoms with E-state index in [1.165, 1.54) is 70.6 Å². The standard InChI is InChI=1S/C36H68NO10P/c1-3-5-7-9-11-13-14-15-16-17-18-20-22-24-26-28-35(39)47-32(30-45-48(42,43)46-31-33(37)36(40)41)29-44-34(38)27-25-23-21-19-12-10-8-6-4-2/h15-16,32-33H,3-14,17-31,37H2,1-2H3,(H,40,41)(H,42,43)/b16-15+/t32-,33-/m0/s1. The summed E-state index contributed by atoms with van der Waals surface area (Å²) in [6, 6.07) is -1.52. The lowest BCUT2D eigenvalue weighted by atomic mass is 10.1. The van der Waals surface area contributed by atoms with Crippen LogP contribution in [0.25, 0.3) is 0 Å². The number of allylic oxidation sites excluding steroid dienone is 2. The van der Waals surface area contributed by atoms with E-state index in [0.717, 1.165) is 57.8 Å². The van der Waals surface area contributed by atoms with Gasteiger partial charge in [-0.05, 0) is 38.5 Å². The lowest BCUT2D eigenvalue weighted by Gasteiger charge is -2.20.